The molecule has 1 aliphatic rings. The minimum Gasteiger partial charge on any atom is -0.297 e. The monoisotopic (exact) mass is 270 g/mol. The van der Waals surface area contributed by atoms with Crippen molar-refractivity contribution in [2.75, 3.05) is 26.7 Å². The highest BCUT2D eigenvalue weighted by molar-refractivity contribution is 5.20. The smallest absolute Gasteiger partial charge is 0.0534 e. The molecule has 4 heteroatoms. The fraction of sp³-hybridized carbons (Fsp3) is 0.438. The highest BCUT2D eigenvalue weighted by Gasteiger charge is 2.25. The number of piperazine rings is 1. The zero-order valence-electron chi connectivity index (χ0n) is 12.2. The Hall–Kier alpha value is -1.65. The summed E-state index contributed by atoms with van der Waals surface area (Å²) in [7, 11) is 4.19. The first-order valence-corrected chi connectivity index (χ1v) is 7.17. The summed E-state index contributed by atoms with van der Waals surface area (Å²) in [5, 5.41) is 4.25. The van der Waals surface area contributed by atoms with Gasteiger partial charge in [0.15, 0.2) is 0 Å². The number of aryl methyl sites for hydroxylation is 1. The van der Waals surface area contributed by atoms with Crippen LogP contribution < -0.4 is 0 Å². The molecule has 1 fully saturated rings. The van der Waals surface area contributed by atoms with Crippen LogP contribution in [-0.2, 0) is 13.6 Å². The molecule has 0 N–H and O–H groups in total. The Morgan fingerprint density at radius 2 is 1.95 bits per heavy atom. The van der Waals surface area contributed by atoms with Gasteiger partial charge in [-0.2, -0.15) is 5.10 Å². The van der Waals surface area contributed by atoms with Crippen LogP contribution in [0.15, 0.2) is 42.7 Å². The van der Waals surface area contributed by atoms with Crippen molar-refractivity contribution in [2.45, 2.75) is 12.6 Å². The molecule has 1 aliphatic heterocycles. The van der Waals surface area contributed by atoms with Crippen LogP contribution in [0.3, 0.4) is 0 Å². The van der Waals surface area contributed by atoms with Crippen molar-refractivity contribution in [3.63, 3.8) is 0 Å². The fourth-order valence-corrected chi connectivity index (χ4v) is 2.92. The summed E-state index contributed by atoms with van der Waals surface area (Å²) in [6.45, 7) is 4.30. The van der Waals surface area contributed by atoms with E-state index in [2.05, 4.69) is 58.5 Å². The van der Waals surface area contributed by atoms with Crippen LogP contribution in [0.25, 0.3) is 0 Å². The first-order valence-electron chi connectivity index (χ1n) is 7.17. The normalized spacial score (nSPS) is 21.2. The summed E-state index contributed by atoms with van der Waals surface area (Å²) in [5.41, 5.74) is 2.70. The molecule has 20 heavy (non-hydrogen) atoms. The molecule has 1 aromatic heterocycles. The fourth-order valence-electron chi connectivity index (χ4n) is 2.92. The van der Waals surface area contributed by atoms with E-state index >= 15 is 0 Å². The van der Waals surface area contributed by atoms with E-state index < -0.39 is 0 Å². The van der Waals surface area contributed by atoms with Gasteiger partial charge in [0.25, 0.3) is 0 Å². The lowest BCUT2D eigenvalue weighted by atomic mass is 10.0. The maximum Gasteiger partial charge on any atom is 0.0534 e. The predicted molar refractivity (Wildman–Crippen MR) is 80.3 cm³/mol. The number of nitrogens with zero attached hydrogens (tertiary/aromatic N) is 4. The topological polar surface area (TPSA) is 24.3 Å². The third-order valence-electron chi connectivity index (χ3n) is 4.08. The molecule has 106 valence electrons. The van der Waals surface area contributed by atoms with Crippen LogP contribution in [0, 0.1) is 0 Å². The van der Waals surface area contributed by atoms with E-state index in [0.29, 0.717) is 6.04 Å². The lowest BCUT2D eigenvalue weighted by Crippen LogP contribution is -2.46. The third kappa shape index (κ3) is 2.92. The highest BCUT2D eigenvalue weighted by atomic mass is 15.3. The van der Waals surface area contributed by atoms with Crippen LogP contribution in [0.5, 0.6) is 0 Å². The SMILES string of the molecule is CN1CCN(Cc2cnn(C)c2)C[C@@H]1c1ccccc1. The second-order valence-corrected chi connectivity index (χ2v) is 5.66. The minimum atomic E-state index is 0.488. The zero-order valence-corrected chi connectivity index (χ0v) is 12.2. The van der Waals surface area contributed by atoms with Crippen molar-refractivity contribution in [1.82, 2.24) is 19.6 Å². The molecule has 2 heterocycles. The summed E-state index contributed by atoms with van der Waals surface area (Å²) in [5.74, 6) is 0. The third-order valence-corrected chi connectivity index (χ3v) is 4.08. The zero-order chi connectivity index (χ0) is 13.9. The molecular weight excluding hydrogens is 248 g/mol. The van der Waals surface area contributed by atoms with E-state index in [4.69, 9.17) is 0 Å². The van der Waals surface area contributed by atoms with Gasteiger partial charge in [-0.25, -0.2) is 0 Å². The molecule has 0 spiro atoms. The molecule has 0 amide bonds. The number of hydrogen-bond acceptors (Lipinski definition) is 3. The van der Waals surface area contributed by atoms with Gasteiger partial charge in [0.05, 0.1) is 6.20 Å². The molecule has 2 aromatic rings. The number of hydrogen-bond donors (Lipinski definition) is 0. The molecule has 0 unspecified atom stereocenters. The Morgan fingerprint density at radius 1 is 1.15 bits per heavy atom. The minimum absolute atomic E-state index is 0.488. The molecule has 1 aromatic carbocycles. The molecule has 0 radical (unpaired) electrons. The van der Waals surface area contributed by atoms with Gasteiger partial charge in [0.2, 0.25) is 0 Å². The number of rotatable bonds is 3. The van der Waals surface area contributed by atoms with Crippen molar-refractivity contribution < 1.29 is 0 Å². The van der Waals surface area contributed by atoms with E-state index in [9.17, 15) is 0 Å². The quantitative estimate of drug-likeness (QED) is 0.851. The molecular formula is C16H22N4. The number of likely N-dealkylation sites (N-methyl/N-ethyl adjacent to an activating group) is 1. The largest absolute Gasteiger partial charge is 0.297 e. The first-order chi connectivity index (χ1) is 9.72. The summed E-state index contributed by atoms with van der Waals surface area (Å²) < 4.78 is 1.88. The Labute approximate surface area is 120 Å². The molecule has 3 rings (SSSR count). The van der Waals surface area contributed by atoms with Crippen LogP contribution in [0.2, 0.25) is 0 Å². The van der Waals surface area contributed by atoms with Crippen LogP contribution in [0.1, 0.15) is 17.2 Å². The van der Waals surface area contributed by atoms with Crippen molar-refractivity contribution in [2.24, 2.45) is 7.05 Å². The molecule has 0 aliphatic carbocycles. The maximum absolute atomic E-state index is 4.25. The van der Waals surface area contributed by atoms with Gasteiger partial charge in [0, 0.05) is 51.0 Å². The summed E-state index contributed by atoms with van der Waals surface area (Å²) >= 11 is 0. The second kappa shape index (κ2) is 5.77. The predicted octanol–water partition coefficient (Wildman–Crippen LogP) is 1.91. The lowest BCUT2D eigenvalue weighted by Gasteiger charge is -2.39. The number of benzene rings is 1. The van der Waals surface area contributed by atoms with Crippen molar-refractivity contribution >= 4 is 0 Å². The van der Waals surface area contributed by atoms with Gasteiger partial charge in [-0.15, -0.1) is 0 Å². The van der Waals surface area contributed by atoms with Gasteiger partial charge in [0.1, 0.15) is 0 Å². The Morgan fingerprint density at radius 3 is 2.65 bits per heavy atom. The van der Waals surface area contributed by atoms with E-state index in [0.717, 1.165) is 26.2 Å². The van der Waals surface area contributed by atoms with Gasteiger partial charge >= 0.3 is 0 Å². The number of aromatic nitrogens is 2. The Kier molecular flexibility index (Phi) is 3.85. The van der Waals surface area contributed by atoms with Gasteiger partial charge in [-0.1, -0.05) is 30.3 Å². The average molecular weight is 270 g/mol. The second-order valence-electron chi connectivity index (χ2n) is 5.66. The van der Waals surface area contributed by atoms with Gasteiger partial charge in [-0.05, 0) is 12.6 Å². The van der Waals surface area contributed by atoms with Crippen LogP contribution in [-0.4, -0.2) is 46.3 Å². The van der Waals surface area contributed by atoms with Gasteiger partial charge in [-0.3, -0.25) is 14.5 Å². The standard InChI is InChI=1S/C16H22N4/c1-18-8-9-20(12-14-10-17-19(2)11-14)13-16(18)15-6-4-3-5-7-15/h3-7,10-11,16H,8-9,12-13H2,1-2H3/t16-/m1/s1. The van der Waals surface area contributed by atoms with E-state index in [1.165, 1.54) is 11.1 Å². The molecule has 0 saturated carbocycles. The first kappa shape index (κ1) is 13.3. The van der Waals surface area contributed by atoms with E-state index in [1.807, 2.05) is 17.9 Å². The highest BCUT2D eigenvalue weighted by Crippen LogP contribution is 2.24. The van der Waals surface area contributed by atoms with E-state index in [1.54, 1.807) is 0 Å². The average Bonchev–Trinajstić information content (AvgIpc) is 2.87. The maximum atomic E-state index is 4.25. The molecule has 1 saturated heterocycles. The summed E-state index contributed by atoms with van der Waals surface area (Å²) in [4.78, 5) is 4.98. The Bertz CT molecular complexity index is 549. The van der Waals surface area contributed by atoms with Gasteiger partial charge < -0.3 is 0 Å². The Balaban J connectivity index is 1.70. The summed E-state index contributed by atoms with van der Waals surface area (Å²) in [6, 6.07) is 11.3. The van der Waals surface area contributed by atoms with E-state index in [-0.39, 0.29) is 0 Å². The molecule has 4 nitrogen and oxygen atoms in total. The lowest BCUT2D eigenvalue weighted by molar-refractivity contribution is 0.0905. The molecule has 0 bridgehead atoms. The van der Waals surface area contributed by atoms with Crippen molar-refractivity contribution in [3.8, 4) is 0 Å². The summed E-state index contributed by atoms with van der Waals surface area (Å²) in [6.07, 6.45) is 4.08. The van der Waals surface area contributed by atoms with Crippen molar-refractivity contribution in [3.05, 3.63) is 53.9 Å². The molecule has 1 atom stereocenters. The van der Waals surface area contributed by atoms with Crippen LogP contribution in [0.4, 0.5) is 0 Å². The van der Waals surface area contributed by atoms with Crippen LogP contribution >= 0.6 is 0 Å². The van der Waals surface area contributed by atoms with Crippen molar-refractivity contribution in [1.29, 1.82) is 0 Å².